The monoisotopic (exact) mass is 292 g/mol. The Labute approximate surface area is 123 Å². The van der Waals surface area contributed by atoms with Crippen molar-refractivity contribution in [1.29, 1.82) is 0 Å². The average molecular weight is 292 g/mol. The third-order valence-electron chi connectivity index (χ3n) is 3.68. The number of amides is 2. The third kappa shape index (κ3) is 2.85. The molecule has 0 unspecified atom stereocenters. The molecule has 0 bridgehead atoms. The maximum absolute atomic E-state index is 12.7. The van der Waals surface area contributed by atoms with Crippen LogP contribution in [0.5, 0.6) is 0 Å². The number of aliphatic hydroxyl groups excluding tert-OH is 1. The molecule has 1 heterocycles. The van der Waals surface area contributed by atoms with Crippen LogP contribution in [0.15, 0.2) is 24.3 Å². The predicted octanol–water partition coefficient (Wildman–Crippen LogP) is 1.33. The Morgan fingerprint density at radius 1 is 1.38 bits per heavy atom. The zero-order valence-electron chi connectivity index (χ0n) is 12.2. The fraction of sp³-hybridized carbons (Fsp3) is 0.467. The molecule has 1 aromatic rings. The smallest absolute Gasteiger partial charge is 0.327 e. The molecule has 1 aliphatic heterocycles. The highest BCUT2D eigenvalue weighted by Crippen LogP contribution is 2.33. The van der Waals surface area contributed by atoms with Gasteiger partial charge in [-0.25, -0.2) is 9.59 Å². The molecule has 6 heteroatoms. The SMILES string of the molecule is CC(C)N(CCO)C(=O)N1c2ccccc2C[C@H]1C(=O)O. The van der Waals surface area contributed by atoms with Crippen LogP contribution < -0.4 is 4.90 Å². The minimum atomic E-state index is -1.02. The number of benzene rings is 1. The van der Waals surface area contributed by atoms with Crippen LogP contribution in [0.2, 0.25) is 0 Å². The summed E-state index contributed by atoms with van der Waals surface area (Å²) in [4.78, 5) is 27.0. The van der Waals surface area contributed by atoms with Crippen LogP contribution in [-0.4, -0.2) is 52.3 Å². The first kappa shape index (κ1) is 15.3. The van der Waals surface area contributed by atoms with E-state index in [4.69, 9.17) is 5.11 Å². The van der Waals surface area contributed by atoms with E-state index in [0.29, 0.717) is 12.1 Å². The first-order chi connectivity index (χ1) is 9.97. The predicted molar refractivity (Wildman–Crippen MR) is 78.4 cm³/mol. The lowest BCUT2D eigenvalue weighted by atomic mass is 10.1. The van der Waals surface area contributed by atoms with Crippen LogP contribution in [-0.2, 0) is 11.2 Å². The van der Waals surface area contributed by atoms with E-state index in [1.807, 2.05) is 26.0 Å². The molecule has 2 N–H and O–H groups in total. The topological polar surface area (TPSA) is 81.1 Å². The molecule has 0 aliphatic carbocycles. The van der Waals surface area contributed by atoms with Crippen molar-refractivity contribution in [3.05, 3.63) is 29.8 Å². The molecular formula is C15H20N2O4. The van der Waals surface area contributed by atoms with E-state index >= 15 is 0 Å². The van der Waals surface area contributed by atoms with E-state index in [9.17, 15) is 14.7 Å². The van der Waals surface area contributed by atoms with E-state index in [-0.39, 0.29) is 25.2 Å². The lowest BCUT2D eigenvalue weighted by Gasteiger charge is -2.33. The molecule has 1 atom stereocenters. The summed E-state index contributed by atoms with van der Waals surface area (Å²) in [6, 6.07) is 5.82. The summed E-state index contributed by atoms with van der Waals surface area (Å²) >= 11 is 0. The summed E-state index contributed by atoms with van der Waals surface area (Å²) in [6.07, 6.45) is 0.308. The van der Waals surface area contributed by atoms with Crippen LogP contribution in [0.1, 0.15) is 19.4 Å². The number of hydrogen-bond acceptors (Lipinski definition) is 3. The zero-order chi connectivity index (χ0) is 15.6. The van der Waals surface area contributed by atoms with Gasteiger partial charge in [-0.3, -0.25) is 4.90 Å². The van der Waals surface area contributed by atoms with Crippen molar-refractivity contribution in [2.75, 3.05) is 18.1 Å². The average Bonchev–Trinajstić information content (AvgIpc) is 2.83. The van der Waals surface area contributed by atoms with Gasteiger partial charge in [0, 0.05) is 24.7 Å². The Balaban J connectivity index is 2.38. The van der Waals surface area contributed by atoms with E-state index in [0.717, 1.165) is 5.56 Å². The van der Waals surface area contributed by atoms with E-state index < -0.39 is 12.0 Å². The van der Waals surface area contributed by atoms with Crippen LogP contribution in [0.3, 0.4) is 0 Å². The summed E-state index contributed by atoms with van der Waals surface area (Å²) in [7, 11) is 0. The molecule has 0 radical (unpaired) electrons. The summed E-state index contributed by atoms with van der Waals surface area (Å²) < 4.78 is 0. The van der Waals surface area contributed by atoms with Gasteiger partial charge in [-0.15, -0.1) is 0 Å². The summed E-state index contributed by atoms with van der Waals surface area (Å²) in [5.41, 5.74) is 1.49. The molecular weight excluding hydrogens is 272 g/mol. The first-order valence-corrected chi connectivity index (χ1v) is 6.98. The van der Waals surface area contributed by atoms with Gasteiger partial charge in [-0.2, -0.15) is 0 Å². The number of carboxylic acids is 1. The second kappa shape index (κ2) is 6.13. The van der Waals surface area contributed by atoms with E-state index in [2.05, 4.69) is 0 Å². The third-order valence-corrected chi connectivity index (χ3v) is 3.68. The molecule has 2 amide bonds. The van der Waals surface area contributed by atoms with E-state index in [1.54, 1.807) is 12.1 Å². The molecule has 2 rings (SSSR count). The number of rotatable bonds is 4. The van der Waals surface area contributed by atoms with Crippen LogP contribution >= 0.6 is 0 Å². The van der Waals surface area contributed by atoms with Crippen LogP contribution in [0.4, 0.5) is 10.5 Å². The number of anilines is 1. The Hall–Kier alpha value is -2.08. The number of urea groups is 1. The molecule has 0 spiro atoms. The Bertz CT molecular complexity index is 544. The van der Waals surface area contributed by atoms with E-state index in [1.165, 1.54) is 9.80 Å². The van der Waals surface area contributed by atoms with Gasteiger partial charge >= 0.3 is 12.0 Å². The Kier molecular flexibility index (Phi) is 4.47. The normalized spacial score (nSPS) is 17.0. The first-order valence-electron chi connectivity index (χ1n) is 6.98. The molecule has 1 aromatic carbocycles. The van der Waals surface area contributed by atoms with Gasteiger partial charge in [-0.05, 0) is 25.5 Å². The molecule has 0 saturated carbocycles. The fourth-order valence-electron chi connectivity index (χ4n) is 2.64. The number of carbonyl (C=O) groups is 2. The van der Waals surface area contributed by atoms with Crippen molar-refractivity contribution < 1.29 is 19.8 Å². The number of aliphatic carboxylic acids is 1. The van der Waals surface area contributed by atoms with Gasteiger partial charge in [0.05, 0.1) is 6.61 Å². The number of fused-ring (bicyclic) bond motifs is 1. The quantitative estimate of drug-likeness (QED) is 0.877. The number of aliphatic hydroxyl groups is 1. The van der Waals surface area contributed by atoms with Gasteiger partial charge in [-0.1, -0.05) is 18.2 Å². The van der Waals surface area contributed by atoms with Crippen molar-refractivity contribution in [1.82, 2.24) is 4.90 Å². The van der Waals surface area contributed by atoms with Crippen molar-refractivity contribution >= 4 is 17.7 Å². The summed E-state index contributed by atoms with van der Waals surface area (Å²) in [5, 5.41) is 18.5. The highest BCUT2D eigenvalue weighted by Gasteiger charge is 2.40. The highest BCUT2D eigenvalue weighted by molar-refractivity contribution is 6.01. The highest BCUT2D eigenvalue weighted by atomic mass is 16.4. The fourth-order valence-corrected chi connectivity index (χ4v) is 2.64. The molecule has 114 valence electrons. The molecule has 0 saturated heterocycles. The van der Waals surface area contributed by atoms with Crippen molar-refractivity contribution in [3.8, 4) is 0 Å². The number of nitrogens with zero attached hydrogens (tertiary/aromatic N) is 2. The van der Waals surface area contributed by atoms with Gasteiger partial charge in [0.25, 0.3) is 0 Å². The number of hydrogen-bond donors (Lipinski definition) is 2. The second-order valence-corrected chi connectivity index (χ2v) is 5.35. The number of carboxylic acid groups (broad SMARTS) is 1. The molecule has 6 nitrogen and oxygen atoms in total. The number of carbonyl (C=O) groups excluding carboxylic acids is 1. The maximum Gasteiger partial charge on any atom is 0.327 e. The maximum atomic E-state index is 12.7. The summed E-state index contributed by atoms with van der Waals surface area (Å²) in [6.45, 7) is 3.70. The molecule has 0 aromatic heterocycles. The van der Waals surface area contributed by atoms with Crippen LogP contribution in [0, 0.1) is 0 Å². The standard InChI is InChI=1S/C15H20N2O4/c1-10(2)16(7-8-18)15(21)17-12-6-4-3-5-11(12)9-13(17)14(19)20/h3-6,10,13,18H,7-9H2,1-2H3,(H,19,20)/t13-/m0/s1. The largest absolute Gasteiger partial charge is 0.480 e. The van der Waals surface area contributed by atoms with Gasteiger partial charge in [0.15, 0.2) is 0 Å². The minimum Gasteiger partial charge on any atom is -0.480 e. The lowest BCUT2D eigenvalue weighted by Crippen LogP contribution is -2.52. The summed E-state index contributed by atoms with van der Waals surface area (Å²) in [5.74, 6) is -1.02. The number of para-hydroxylation sites is 1. The van der Waals surface area contributed by atoms with Crippen LogP contribution in [0.25, 0.3) is 0 Å². The molecule has 0 fully saturated rings. The van der Waals surface area contributed by atoms with Crippen molar-refractivity contribution in [3.63, 3.8) is 0 Å². The molecule has 21 heavy (non-hydrogen) atoms. The Morgan fingerprint density at radius 2 is 2.05 bits per heavy atom. The second-order valence-electron chi connectivity index (χ2n) is 5.35. The minimum absolute atomic E-state index is 0.119. The van der Waals surface area contributed by atoms with Crippen molar-refractivity contribution in [2.45, 2.75) is 32.4 Å². The lowest BCUT2D eigenvalue weighted by molar-refractivity contribution is -0.138. The zero-order valence-corrected chi connectivity index (χ0v) is 12.2. The van der Waals surface area contributed by atoms with Gasteiger partial charge in [0.2, 0.25) is 0 Å². The molecule has 1 aliphatic rings. The van der Waals surface area contributed by atoms with Gasteiger partial charge < -0.3 is 15.1 Å². The van der Waals surface area contributed by atoms with Crippen molar-refractivity contribution in [2.24, 2.45) is 0 Å². The van der Waals surface area contributed by atoms with Gasteiger partial charge in [0.1, 0.15) is 6.04 Å². The Morgan fingerprint density at radius 3 is 2.62 bits per heavy atom.